The molecule has 2 aromatic heterocycles. The van der Waals surface area contributed by atoms with E-state index in [4.69, 9.17) is 0 Å². The van der Waals surface area contributed by atoms with E-state index in [1.54, 1.807) is 24.7 Å². The van der Waals surface area contributed by atoms with Crippen molar-refractivity contribution >= 4 is 0 Å². The Bertz CT molecular complexity index is 816. The number of rotatable bonds is 4. The highest BCUT2D eigenvalue weighted by molar-refractivity contribution is 5.26. The molecule has 1 aromatic carbocycles. The first kappa shape index (κ1) is 15.9. The standard InChI is InChI=1S/C19H20FN5/c20-17-3-1-2-16(10-17)18-12-21-6-8-24(18)13-15-4-5-19(23-11-15)25-9-7-22-14-25/h1-5,7,9-11,14,18,21H,6,8,12-13H2. The summed E-state index contributed by atoms with van der Waals surface area (Å²) in [5.74, 6) is 0.664. The number of hydrogen-bond donors (Lipinski definition) is 1. The van der Waals surface area contributed by atoms with Crippen LogP contribution in [0.15, 0.2) is 61.3 Å². The molecular weight excluding hydrogens is 317 g/mol. The smallest absolute Gasteiger partial charge is 0.137 e. The van der Waals surface area contributed by atoms with Crippen LogP contribution < -0.4 is 5.32 Å². The van der Waals surface area contributed by atoms with Gasteiger partial charge in [0.25, 0.3) is 0 Å². The zero-order valence-corrected chi connectivity index (χ0v) is 13.8. The van der Waals surface area contributed by atoms with Crippen LogP contribution in [0, 0.1) is 5.82 Å². The van der Waals surface area contributed by atoms with Crippen LogP contribution in [-0.4, -0.2) is 39.1 Å². The minimum absolute atomic E-state index is 0.165. The lowest BCUT2D eigenvalue weighted by atomic mass is 10.0. The zero-order chi connectivity index (χ0) is 17.1. The van der Waals surface area contributed by atoms with Gasteiger partial charge >= 0.3 is 0 Å². The van der Waals surface area contributed by atoms with Crippen LogP contribution in [-0.2, 0) is 6.54 Å². The fraction of sp³-hybridized carbons (Fsp3) is 0.263. The van der Waals surface area contributed by atoms with Gasteiger partial charge in [-0.3, -0.25) is 9.47 Å². The fourth-order valence-corrected chi connectivity index (χ4v) is 3.27. The predicted octanol–water partition coefficient (Wildman–Crippen LogP) is 2.55. The van der Waals surface area contributed by atoms with E-state index in [1.165, 1.54) is 6.07 Å². The minimum Gasteiger partial charge on any atom is -0.314 e. The lowest BCUT2D eigenvalue weighted by Crippen LogP contribution is -2.45. The molecule has 0 radical (unpaired) electrons. The minimum atomic E-state index is -0.186. The highest BCUT2D eigenvalue weighted by Crippen LogP contribution is 2.24. The Labute approximate surface area is 146 Å². The van der Waals surface area contributed by atoms with E-state index >= 15 is 0 Å². The third kappa shape index (κ3) is 3.60. The Morgan fingerprint density at radius 2 is 2.20 bits per heavy atom. The van der Waals surface area contributed by atoms with Gasteiger partial charge < -0.3 is 5.32 Å². The van der Waals surface area contributed by atoms with Crippen LogP contribution in [0.1, 0.15) is 17.2 Å². The van der Waals surface area contributed by atoms with Gasteiger partial charge in [-0.2, -0.15) is 0 Å². The Kier molecular flexibility index (Phi) is 4.54. The average Bonchev–Trinajstić information content (AvgIpc) is 3.18. The molecule has 25 heavy (non-hydrogen) atoms. The number of nitrogens with zero attached hydrogens (tertiary/aromatic N) is 4. The van der Waals surface area contributed by atoms with Crippen molar-refractivity contribution < 1.29 is 4.39 Å². The van der Waals surface area contributed by atoms with E-state index in [2.05, 4.69) is 26.3 Å². The maximum Gasteiger partial charge on any atom is 0.137 e. The lowest BCUT2D eigenvalue weighted by Gasteiger charge is -2.36. The molecule has 1 unspecified atom stereocenters. The van der Waals surface area contributed by atoms with Crippen LogP contribution in [0.3, 0.4) is 0 Å². The van der Waals surface area contributed by atoms with Gasteiger partial charge in [0.15, 0.2) is 0 Å². The van der Waals surface area contributed by atoms with E-state index in [-0.39, 0.29) is 11.9 Å². The molecule has 1 atom stereocenters. The van der Waals surface area contributed by atoms with Crippen molar-refractivity contribution in [3.8, 4) is 5.82 Å². The van der Waals surface area contributed by atoms with E-state index in [9.17, 15) is 4.39 Å². The van der Waals surface area contributed by atoms with E-state index in [0.29, 0.717) is 0 Å². The summed E-state index contributed by atoms with van der Waals surface area (Å²) < 4.78 is 15.5. The third-order valence-electron chi connectivity index (χ3n) is 4.55. The van der Waals surface area contributed by atoms with Gasteiger partial charge in [-0.15, -0.1) is 0 Å². The van der Waals surface area contributed by atoms with Gasteiger partial charge in [-0.05, 0) is 29.3 Å². The quantitative estimate of drug-likeness (QED) is 0.795. The SMILES string of the molecule is Fc1cccc(C2CNCCN2Cc2ccc(-n3ccnc3)nc2)c1. The van der Waals surface area contributed by atoms with Gasteiger partial charge in [0.2, 0.25) is 0 Å². The maximum atomic E-state index is 13.6. The molecule has 1 aliphatic heterocycles. The number of benzene rings is 1. The molecule has 1 aliphatic rings. The summed E-state index contributed by atoms with van der Waals surface area (Å²) in [6.45, 7) is 3.47. The Hall–Kier alpha value is -2.57. The van der Waals surface area contributed by atoms with Gasteiger partial charge in [0.1, 0.15) is 18.0 Å². The second-order valence-corrected chi connectivity index (χ2v) is 6.24. The van der Waals surface area contributed by atoms with Gasteiger partial charge in [-0.25, -0.2) is 14.4 Å². The monoisotopic (exact) mass is 337 g/mol. The summed E-state index contributed by atoms with van der Waals surface area (Å²) in [6, 6.07) is 11.1. The first-order chi connectivity index (χ1) is 12.3. The number of pyridine rings is 1. The van der Waals surface area contributed by atoms with E-state index in [1.807, 2.05) is 29.1 Å². The predicted molar refractivity (Wildman–Crippen MR) is 93.8 cm³/mol. The molecule has 1 fully saturated rings. The Balaban J connectivity index is 1.51. The number of halogens is 1. The summed E-state index contributed by atoms with van der Waals surface area (Å²) in [6.07, 6.45) is 7.25. The summed E-state index contributed by atoms with van der Waals surface area (Å²) >= 11 is 0. The molecule has 0 amide bonds. The van der Waals surface area contributed by atoms with Crippen molar-refractivity contribution in [2.24, 2.45) is 0 Å². The van der Waals surface area contributed by atoms with Gasteiger partial charge in [-0.1, -0.05) is 18.2 Å². The van der Waals surface area contributed by atoms with Crippen LogP contribution >= 0.6 is 0 Å². The molecule has 3 aromatic rings. The largest absolute Gasteiger partial charge is 0.314 e. The second-order valence-electron chi connectivity index (χ2n) is 6.24. The van der Waals surface area contributed by atoms with Crippen molar-refractivity contribution in [1.29, 1.82) is 0 Å². The summed E-state index contributed by atoms with van der Waals surface area (Å²) in [4.78, 5) is 10.9. The first-order valence-electron chi connectivity index (χ1n) is 8.43. The molecule has 0 saturated carbocycles. The van der Waals surface area contributed by atoms with Crippen LogP contribution in [0.2, 0.25) is 0 Å². The maximum absolute atomic E-state index is 13.6. The van der Waals surface area contributed by atoms with Crippen molar-refractivity contribution in [3.63, 3.8) is 0 Å². The van der Waals surface area contributed by atoms with Crippen molar-refractivity contribution in [2.75, 3.05) is 19.6 Å². The molecular formula is C19H20FN5. The normalized spacial score (nSPS) is 18.4. The Morgan fingerprint density at radius 1 is 1.24 bits per heavy atom. The molecule has 4 rings (SSSR count). The van der Waals surface area contributed by atoms with Crippen molar-refractivity contribution in [1.82, 2.24) is 24.8 Å². The van der Waals surface area contributed by atoms with Crippen LogP contribution in [0.4, 0.5) is 4.39 Å². The topological polar surface area (TPSA) is 46.0 Å². The zero-order valence-electron chi connectivity index (χ0n) is 13.8. The molecule has 0 bridgehead atoms. The van der Waals surface area contributed by atoms with Crippen molar-refractivity contribution in [2.45, 2.75) is 12.6 Å². The van der Waals surface area contributed by atoms with E-state index in [0.717, 1.165) is 43.1 Å². The first-order valence-corrected chi connectivity index (χ1v) is 8.43. The average molecular weight is 337 g/mol. The number of aromatic nitrogens is 3. The number of hydrogen-bond acceptors (Lipinski definition) is 4. The summed E-state index contributed by atoms with van der Waals surface area (Å²) in [5, 5.41) is 3.41. The molecule has 3 heterocycles. The third-order valence-corrected chi connectivity index (χ3v) is 4.55. The van der Waals surface area contributed by atoms with Crippen LogP contribution in [0.5, 0.6) is 0 Å². The molecule has 6 heteroatoms. The molecule has 128 valence electrons. The lowest BCUT2D eigenvalue weighted by molar-refractivity contribution is 0.153. The van der Waals surface area contributed by atoms with Gasteiger partial charge in [0.05, 0.1) is 0 Å². The highest BCUT2D eigenvalue weighted by atomic mass is 19.1. The summed E-state index contributed by atoms with van der Waals surface area (Å²) in [5.41, 5.74) is 2.15. The molecule has 1 N–H and O–H groups in total. The van der Waals surface area contributed by atoms with Crippen LogP contribution in [0.25, 0.3) is 5.82 Å². The fourth-order valence-electron chi connectivity index (χ4n) is 3.27. The second kappa shape index (κ2) is 7.13. The highest BCUT2D eigenvalue weighted by Gasteiger charge is 2.24. The van der Waals surface area contributed by atoms with Crippen molar-refractivity contribution in [3.05, 3.63) is 78.3 Å². The summed E-state index contributed by atoms with van der Waals surface area (Å²) in [7, 11) is 0. The van der Waals surface area contributed by atoms with Gasteiger partial charge in [0, 0.05) is 50.8 Å². The molecule has 1 saturated heterocycles. The molecule has 5 nitrogen and oxygen atoms in total. The number of imidazole rings is 1. The Morgan fingerprint density at radius 3 is 2.96 bits per heavy atom. The molecule has 0 aliphatic carbocycles. The number of nitrogens with one attached hydrogen (secondary N) is 1. The van der Waals surface area contributed by atoms with E-state index < -0.39 is 0 Å². The number of piperazine rings is 1. The molecule has 0 spiro atoms.